The van der Waals surface area contributed by atoms with Crippen LogP contribution >= 0.6 is 0 Å². The Morgan fingerprint density at radius 3 is 2.65 bits per heavy atom. The quantitative estimate of drug-likeness (QED) is 0.695. The molecule has 0 saturated carbocycles. The summed E-state index contributed by atoms with van der Waals surface area (Å²) >= 11 is 0. The van der Waals surface area contributed by atoms with E-state index in [-0.39, 0.29) is 24.9 Å². The van der Waals surface area contributed by atoms with Crippen molar-refractivity contribution in [2.75, 3.05) is 20.1 Å². The summed E-state index contributed by atoms with van der Waals surface area (Å²) < 4.78 is 31.4. The highest BCUT2D eigenvalue weighted by atomic mass is 32.2. The van der Waals surface area contributed by atoms with E-state index in [9.17, 15) is 22.8 Å². The number of furan rings is 1. The molecule has 0 aliphatic carbocycles. The number of sulfonamides is 1. The zero-order chi connectivity index (χ0) is 19.1. The lowest BCUT2D eigenvalue weighted by molar-refractivity contribution is -0.126. The second-order valence-electron chi connectivity index (χ2n) is 6.38. The van der Waals surface area contributed by atoms with Gasteiger partial charge in [-0.25, -0.2) is 13.2 Å². The fraction of sp³-hybridized carbons (Fsp3) is 0.533. The van der Waals surface area contributed by atoms with E-state index in [1.807, 2.05) is 0 Å². The van der Waals surface area contributed by atoms with E-state index in [2.05, 4.69) is 5.32 Å². The van der Waals surface area contributed by atoms with Gasteiger partial charge in [0.1, 0.15) is 6.04 Å². The standard InChI is InChI=1S/C15H19N3O7S/c1-17-8-9(7-12(17)19)16-14(20)10-3-2-6-18(10)26(23,24)13-5-4-11(25-13)15(21)22/h4-5,9-10H,2-3,6-8H2,1H3,(H,16,20)(H,21,22). The van der Waals surface area contributed by atoms with Crippen LogP contribution in [0.4, 0.5) is 0 Å². The topological polar surface area (TPSA) is 137 Å². The molecule has 142 valence electrons. The van der Waals surface area contributed by atoms with Gasteiger partial charge in [0.05, 0.1) is 6.04 Å². The molecule has 1 aromatic rings. The lowest BCUT2D eigenvalue weighted by Crippen LogP contribution is -2.49. The van der Waals surface area contributed by atoms with Crippen LogP contribution in [0.1, 0.15) is 29.8 Å². The van der Waals surface area contributed by atoms with Gasteiger partial charge in [-0.1, -0.05) is 0 Å². The SMILES string of the molecule is CN1CC(NC(=O)C2CCCN2S(=O)(=O)c2ccc(C(=O)O)o2)CC1=O. The van der Waals surface area contributed by atoms with Crippen LogP contribution in [0.2, 0.25) is 0 Å². The van der Waals surface area contributed by atoms with Crippen molar-refractivity contribution in [3.8, 4) is 0 Å². The Morgan fingerprint density at radius 1 is 1.35 bits per heavy atom. The molecule has 3 heterocycles. The summed E-state index contributed by atoms with van der Waals surface area (Å²) in [6, 6.07) is 0.851. The Bertz CT molecular complexity index is 847. The average molecular weight is 385 g/mol. The molecular formula is C15H19N3O7S. The third-order valence-electron chi connectivity index (χ3n) is 4.55. The van der Waals surface area contributed by atoms with Crippen molar-refractivity contribution in [3.05, 3.63) is 17.9 Å². The normalized spacial score (nSPS) is 24.2. The molecule has 2 aliphatic rings. The van der Waals surface area contributed by atoms with Crippen LogP contribution < -0.4 is 5.32 Å². The maximum atomic E-state index is 12.7. The smallest absolute Gasteiger partial charge is 0.371 e. The van der Waals surface area contributed by atoms with Crippen molar-refractivity contribution < 1.29 is 32.3 Å². The summed E-state index contributed by atoms with van der Waals surface area (Å²) in [6.45, 7) is 0.511. The zero-order valence-corrected chi connectivity index (χ0v) is 14.9. The summed E-state index contributed by atoms with van der Waals surface area (Å²) in [5.74, 6) is -2.42. The second-order valence-corrected chi connectivity index (χ2v) is 8.20. The van der Waals surface area contributed by atoms with E-state index < -0.39 is 38.8 Å². The summed E-state index contributed by atoms with van der Waals surface area (Å²) in [5.41, 5.74) is 0. The summed E-state index contributed by atoms with van der Waals surface area (Å²) in [7, 11) is -2.50. The lowest BCUT2D eigenvalue weighted by atomic mass is 10.2. The first-order valence-electron chi connectivity index (χ1n) is 8.09. The molecule has 2 saturated heterocycles. The first-order chi connectivity index (χ1) is 12.2. The van der Waals surface area contributed by atoms with Gasteiger partial charge in [0, 0.05) is 26.6 Å². The molecule has 3 rings (SSSR count). The van der Waals surface area contributed by atoms with Crippen LogP contribution in [0.3, 0.4) is 0 Å². The number of likely N-dealkylation sites (tertiary alicyclic amines) is 1. The maximum absolute atomic E-state index is 12.7. The van der Waals surface area contributed by atoms with Gasteiger partial charge in [0.15, 0.2) is 0 Å². The molecule has 2 amide bonds. The predicted octanol–water partition coefficient (Wildman–Crippen LogP) is -0.522. The average Bonchev–Trinajstić information content (AvgIpc) is 3.28. The predicted molar refractivity (Wildman–Crippen MR) is 86.8 cm³/mol. The Labute approximate surface area is 149 Å². The Morgan fingerprint density at radius 2 is 2.08 bits per heavy atom. The number of hydrogen-bond acceptors (Lipinski definition) is 6. The van der Waals surface area contributed by atoms with Gasteiger partial charge in [-0.15, -0.1) is 0 Å². The van der Waals surface area contributed by atoms with Crippen LogP contribution in [0.5, 0.6) is 0 Å². The largest absolute Gasteiger partial charge is 0.475 e. The van der Waals surface area contributed by atoms with Crippen molar-refractivity contribution in [2.45, 2.75) is 36.4 Å². The van der Waals surface area contributed by atoms with Crippen molar-refractivity contribution in [2.24, 2.45) is 0 Å². The number of nitrogens with one attached hydrogen (secondary N) is 1. The number of carbonyl (C=O) groups excluding carboxylic acids is 2. The molecule has 10 nitrogen and oxygen atoms in total. The minimum Gasteiger partial charge on any atom is -0.475 e. The molecule has 2 N–H and O–H groups in total. The van der Waals surface area contributed by atoms with Gasteiger partial charge < -0.3 is 19.7 Å². The first kappa shape index (κ1) is 18.4. The van der Waals surface area contributed by atoms with E-state index in [0.29, 0.717) is 19.4 Å². The van der Waals surface area contributed by atoms with E-state index in [0.717, 1.165) is 16.4 Å². The molecular weight excluding hydrogens is 366 g/mol. The van der Waals surface area contributed by atoms with Crippen LogP contribution in [0.15, 0.2) is 21.6 Å². The molecule has 0 radical (unpaired) electrons. The van der Waals surface area contributed by atoms with Gasteiger partial charge in [0.25, 0.3) is 10.0 Å². The number of nitrogens with zero attached hydrogens (tertiary/aromatic N) is 2. The highest BCUT2D eigenvalue weighted by Gasteiger charge is 2.42. The number of carboxylic acids is 1. The van der Waals surface area contributed by atoms with Crippen LogP contribution in [0, 0.1) is 0 Å². The summed E-state index contributed by atoms with van der Waals surface area (Å²) in [5, 5.41) is 11.1. The van der Waals surface area contributed by atoms with Gasteiger partial charge >= 0.3 is 5.97 Å². The Balaban J connectivity index is 1.75. The Kier molecular flexibility index (Phi) is 4.76. The number of rotatable bonds is 5. The molecule has 26 heavy (non-hydrogen) atoms. The van der Waals surface area contributed by atoms with Gasteiger partial charge in [-0.2, -0.15) is 4.31 Å². The van der Waals surface area contributed by atoms with Gasteiger partial charge in [0.2, 0.25) is 22.7 Å². The monoisotopic (exact) mass is 385 g/mol. The number of aromatic carboxylic acids is 1. The maximum Gasteiger partial charge on any atom is 0.371 e. The molecule has 2 unspecified atom stereocenters. The van der Waals surface area contributed by atoms with E-state index in [4.69, 9.17) is 9.52 Å². The van der Waals surface area contributed by atoms with Crippen molar-refractivity contribution >= 4 is 27.8 Å². The third kappa shape index (κ3) is 3.31. The number of carbonyl (C=O) groups is 3. The molecule has 2 fully saturated rings. The van der Waals surface area contributed by atoms with Crippen molar-refractivity contribution in [1.29, 1.82) is 0 Å². The molecule has 2 aliphatic heterocycles. The minimum absolute atomic E-state index is 0.0806. The molecule has 0 aromatic carbocycles. The van der Waals surface area contributed by atoms with Crippen molar-refractivity contribution in [1.82, 2.24) is 14.5 Å². The van der Waals surface area contributed by atoms with Crippen LogP contribution in [0.25, 0.3) is 0 Å². The van der Waals surface area contributed by atoms with E-state index >= 15 is 0 Å². The molecule has 1 aromatic heterocycles. The van der Waals surface area contributed by atoms with Crippen LogP contribution in [-0.4, -0.2) is 72.7 Å². The lowest BCUT2D eigenvalue weighted by Gasteiger charge is -2.23. The van der Waals surface area contributed by atoms with E-state index in [1.54, 1.807) is 7.05 Å². The molecule has 2 atom stereocenters. The van der Waals surface area contributed by atoms with Gasteiger partial charge in [-0.3, -0.25) is 9.59 Å². The van der Waals surface area contributed by atoms with Crippen LogP contribution in [-0.2, 0) is 19.6 Å². The second kappa shape index (κ2) is 6.72. The Hall–Kier alpha value is -2.40. The first-order valence-corrected chi connectivity index (χ1v) is 9.53. The van der Waals surface area contributed by atoms with Gasteiger partial charge in [-0.05, 0) is 25.0 Å². The molecule has 0 bridgehead atoms. The number of hydrogen-bond donors (Lipinski definition) is 2. The highest BCUT2D eigenvalue weighted by molar-refractivity contribution is 7.89. The highest BCUT2D eigenvalue weighted by Crippen LogP contribution is 2.27. The fourth-order valence-electron chi connectivity index (χ4n) is 3.24. The fourth-order valence-corrected chi connectivity index (χ4v) is 4.81. The summed E-state index contributed by atoms with van der Waals surface area (Å²) in [4.78, 5) is 36.5. The number of amides is 2. The third-order valence-corrected chi connectivity index (χ3v) is 6.33. The number of likely N-dealkylation sites (N-methyl/N-ethyl adjacent to an activating group) is 1. The summed E-state index contributed by atoms with van der Waals surface area (Å²) in [6.07, 6.45) is 1.02. The number of carboxylic acid groups (broad SMARTS) is 1. The molecule has 0 spiro atoms. The zero-order valence-electron chi connectivity index (χ0n) is 14.0. The van der Waals surface area contributed by atoms with E-state index in [1.165, 1.54) is 4.90 Å². The minimum atomic E-state index is -4.14. The van der Waals surface area contributed by atoms with Crippen molar-refractivity contribution in [3.63, 3.8) is 0 Å². The molecule has 11 heteroatoms.